The van der Waals surface area contributed by atoms with Crippen molar-refractivity contribution in [3.63, 3.8) is 0 Å². The molecule has 0 saturated carbocycles. The molecule has 1 aromatic rings. The summed E-state index contributed by atoms with van der Waals surface area (Å²) in [6, 6.07) is 1.61. The molecule has 1 aromatic heterocycles. The largest absolute Gasteiger partial charge is 0.352 e. The summed E-state index contributed by atoms with van der Waals surface area (Å²) in [5, 5.41) is 2.83. The van der Waals surface area contributed by atoms with Crippen LogP contribution in [0.15, 0.2) is 6.07 Å². The molecule has 1 heterocycles. The van der Waals surface area contributed by atoms with Crippen molar-refractivity contribution in [2.45, 2.75) is 19.3 Å². The topological polar surface area (TPSA) is 29.1 Å². The van der Waals surface area contributed by atoms with Crippen molar-refractivity contribution in [2.24, 2.45) is 0 Å². The Kier molecular flexibility index (Phi) is 7.03. The molecule has 0 radical (unpaired) electrons. The van der Waals surface area contributed by atoms with E-state index in [4.69, 9.17) is 23.2 Å². The third-order valence-corrected chi connectivity index (χ3v) is 4.25. The van der Waals surface area contributed by atoms with Gasteiger partial charge in [-0.3, -0.25) is 4.79 Å². The first-order chi connectivity index (χ1) is 7.65. The van der Waals surface area contributed by atoms with Gasteiger partial charge in [0.25, 0.3) is 5.91 Å². The average molecular weight is 392 g/mol. The molecule has 0 aliphatic heterocycles. The summed E-state index contributed by atoms with van der Waals surface area (Å²) in [4.78, 5) is 11.7. The summed E-state index contributed by atoms with van der Waals surface area (Å²) >= 11 is 15.2. The van der Waals surface area contributed by atoms with E-state index in [9.17, 15) is 4.79 Å². The average Bonchev–Trinajstić information content (AvgIpc) is 2.57. The second kappa shape index (κ2) is 7.74. The number of nitrogens with one attached hydrogen (secondary N) is 1. The van der Waals surface area contributed by atoms with Crippen LogP contribution in [0.25, 0.3) is 0 Å². The fourth-order valence-corrected chi connectivity index (χ4v) is 3.19. The summed E-state index contributed by atoms with van der Waals surface area (Å²) in [5.74, 6) is -0.136. The molecule has 0 spiro atoms. The number of unbranched alkanes of at least 4 members (excludes halogenated alkanes) is 2. The van der Waals surface area contributed by atoms with Crippen LogP contribution < -0.4 is 5.32 Å². The highest BCUT2D eigenvalue weighted by Gasteiger charge is 2.13. The fourth-order valence-electron chi connectivity index (χ4n) is 1.19. The van der Waals surface area contributed by atoms with Gasteiger partial charge in [-0.2, -0.15) is 0 Å². The number of amides is 1. The maximum atomic E-state index is 11.7. The molecule has 0 aromatic carbocycles. The monoisotopic (exact) mass is 391 g/mol. The minimum absolute atomic E-state index is 0.136. The second-order valence-corrected chi connectivity index (χ2v) is 6.61. The predicted molar refractivity (Wildman–Crippen MR) is 79.4 cm³/mol. The Hall–Kier alpha value is 0.480. The SMILES string of the molecule is O=C(NCCCCCI)c1cc(Cl)sc1Cl. The smallest absolute Gasteiger partial charge is 0.253 e. The lowest BCUT2D eigenvalue weighted by Gasteiger charge is -2.03. The van der Waals surface area contributed by atoms with Crippen LogP contribution in [-0.4, -0.2) is 16.9 Å². The van der Waals surface area contributed by atoms with Crippen molar-refractivity contribution >= 4 is 63.0 Å². The molecule has 6 heteroatoms. The van der Waals surface area contributed by atoms with Crippen LogP contribution in [0.1, 0.15) is 29.6 Å². The third-order valence-electron chi connectivity index (χ3n) is 2.00. The molecule has 16 heavy (non-hydrogen) atoms. The number of hydrogen-bond donors (Lipinski definition) is 1. The van der Waals surface area contributed by atoms with E-state index in [-0.39, 0.29) is 5.91 Å². The lowest BCUT2D eigenvalue weighted by atomic mass is 10.2. The van der Waals surface area contributed by atoms with Crippen LogP contribution in [0.4, 0.5) is 0 Å². The summed E-state index contributed by atoms with van der Waals surface area (Å²) in [6.07, 6.45) is 3.34. The van der Waals surface area contributed by atoms with Gasteiger partial charge in [-0.05, 0) is 23.3 Å². The lowest BCUT2D eigenvalue weighted by Crippen LogP contribution is -2.24. The van der Waals surface area contributed by atoms with E-state index in [0.29, 0.717) is 20.8 Å². The first kappa shape index (κ1) is 14.5. The summed E-state index contributed by atoms with van der Waals surface area (Å²) < 4.78 is 2.16. The minimum atomic E-state index is -0.136. The van der Waals surface area contributed by atoms with Crippen molar-refractivity contribution < 1.29 is 4.79 Å². The van der Waals surface area contributed by atoms with E-state index < -0.39 is 0 Å². The van der Waals surface area contributed by atoms with Crippen molar-refractivity contribution in [1.29, 1.82) is 0 Å². The van der Waals surface area contributed by atoms with Crippen LogP contribution in [-0.2, 0) is 0 Å². The maximum Gasteiger partial charge on any atom is 0.253 e. The minimum Gasteiger partial charge on any atom is -0.352 e. The van der Waals surface area contributed by atoms with Gasteiger partial charge in [0, 0.05) is 6.54 Å². The normalized spacial score (nSPS) is 10.4. The maximum absolute atomic E-state index is 11.7. The zero-order valence-corrected chi connectivity index (χ0v) is 13.0. The van der Waals surface area contributed by atoms with Crippen molar-refractivity contribution in [3.8, 4) is 0 Å². The Morgan fingerprint density at radius 3 is 2.69 bits per heavy atom. The van der Waals surface area contributed by atoms with Gasteiger partial charge >= 0.3 is 0 Å². The Bertz CT molecular complexity index is 357. The van der Waals surface area contributed by atoms with Crippen LogP contribution in [0.3, 0.4) is 0 Å². The fraction of sp³-hybridized carbons (Fsp3) is 0.500. The zero-order valence-electron chi connectivity index (χ0n) is 8.56. The van der Waals surface area contributed by atoms with Gasteiger partial charge in [-0.1, -0.05) is 52.2 Å². The number of halogens is 3. The van der Waals surface area contributed by atoms with Crippen LogP contribution >= 0.6 is 57.1 Å². The molecule has 0 aliphatic carbocycles. The Balaban J connectivity index is 2.33. The van der Waals surface area contributed by atoms with Crippen LogP contribution in [0.2, 0.25) is 8.67 Å². The van der Waals surface area contributed by atoms with Gasteiger partial charge in [0.05, 0.1) is 9.90 Å². The Morgan fingerprint density at radius 1 is 1.38 bits per heavy atom. The van der Waals surface area contributed by atoms with E-state index in [0.717, 1.165) is 17.3 Å². The number of rotatable bonds is 6. The van der Waals surface area contributed by atoms with Crippen molar-refractivity contribution in [2.75, 3.05) is 11.0 Å². The molecule has 1 rings (SSSR count). The van der Waals surface area contributed by atoms with Gasteiger partial charge in [0.2, 0.25) is 0 Å². The molecule has 1 amide bonds. The first-order valence-corrected chi connectivity index (χ1v) is 8.04. The molecule has 0 bridgehead atoms. The van der Waals surface area contributed by atoms with E-state index in [2.05, 4.69) is 27.9 Å². The molecule has 0 unspecified atom stereocenters. The van der Waals surface area contributed by atoms with E-state index >= 15 is 0 Å². The standard InChI is InChI=1S/C10H12Cl2INOS/c11-8-6-7(9(12)16-8)10(15)14-5-3-1-2-4-13/h6H,1-5H2,(H,14,15). The zero-order chi connectivity index (χ0) is 12.0. The van der Waals surface area contributed by atoms with Crippen molar-refractivity contribution in [3.05, 3.63) is 20.3 Å². The molecule has 0 fully saturated rings. The summed E-state index contributed by atoms with van der Waals surface area (Å²) in [6.45, 7) is 0.694. The highest BCUT2D eigenvalue weighted by molar-refractivity contribution is 14.1. The molecule has 90 valence electrons. The van der Waals surface area contributed by atoms with E-state index in [1.165, 1.54) is 17.8 Å². The molecule has 0 saturated heterocycles. The van der Waals surface area contributed by atoms with Crippen molar-refractivity contribution in [1.82, 2.24) is 5.32 Å². The number of carbonyl (C=O) groups is 1. The summed E-state index contributed by atoms with van der Waals surface area (Å²) in [7, 11) is 0. The molecule has 2 nitrogen and oxygen atoms in total. The predicted octanol–water partition coefficient (Wildman–Crippen LogP) is 4.39. The first-order valence-electron chi connectivity index (χ1n) is 4.94. The highest BCUT2D eigenvalue weighted by Crippen LogP contribution is 2.30. The van der Waals surface area contributed by atoms with Gasteiger partial charge < -0.3 is 5.32 Å². The quantitative estimate of drug-likeness (QED) is 0.435. The van der Waals surface area contributed by atoms with Gasteiger partial charge in [0.15, 0.2) is 0 Å². The van der Waals surface area contributed by atoms with Crippen LogP contribution in [0.5, 0.6) is 0 Å². The van der Waals surface area contributed by atoms with Gasteiger partial charge in [0.1, 0.15) is 4.34 Å². The highest BCUT2D eigenvalue weighted by atomic mass is 127. The molecular weight excluding hydrogens is 380 g/mol. The molecule has 1 N–H and O–H groups in total. The van der Waals surface area contributed by atoms with E-state index in [1.807, 2.05) is 0 Å². The second-order valence-electron chi connectivity index (χ2n) is 3.24. The summed E-state index contributed by atoms with van der Waals surface area (Å²) in [5.41, 5.74) is 0.477. The molecule has 0 aliphatic rings. The van der Waals surface area contributed by atoms with Gasteiger partial charge in [-0.25, -0.2) is 0 Å². The number of alkyl halides is 1. The van der Waals surface area contributed by atoms with Crippen LogP contribution in [0, 0.1) is 0 Å². The number of carbonyl (C=O) groups excluding carboxylic acids is 1. The molecular formula is C10H12Cl2INOS. The Labute approximate surface area is 123 Å². The third kappa shape index (κ3) is 4.77. The molecule has 0 atom stereocenters. The number of thiophene rings is 1. The van der Waals surface area contributed by atoms with Gasteiger partial charge in [-0.15, -0.1) is 11.3 Å². The van der Waals surface area contributed by atoms with E-state index in [1.54, 1.807) is 6.07 Å². The lowest BCUT2D eigenvalue weighted by molar-refractivity contribution is 0.0953. The number of hydrogen-bond acceptors (Lipinski definition) is 2. The Morgan fingerprint density at radius 2 is 2.12 bits per heavy atom.